The highest BCUT2D eigenvalue weighted by Gasteiger charge is 2.30. The third-order valence-electron chi connectivity index (χ3n) is 6.37. The summed E-state index contributed by atoms with van der Waals surface area (Å²) in [6.45, 7) is 4.90. The number of amides is 1. The van der Waals surface area contributed by atoms with Gasteiger partial charge in [-0.05, 0) is 60.0 Å². The third kappa shape index (κ3) is 7.69. The Bertz CT molecular complexity index is 1510. The van der Waals surface area contributed by atoms with Crippen molar-refractivity contribution in [1.29, 1.82) is 0 Å². The van der Waals surface area contributed by atoms with E-state index in [4.69, 9.17) is 4.74 Å². The van der Waals surface area contributed by atoms with Crippen molar-refractivity contribution in [2.75, 3.05) is 41.6 Å². The zero-order valence-electron chi connectivity index (χ0n) is 23.2. The molecule has 1 aromatic heterocycles. The fourth-order valence-corrected chi connectivity index (χ4v) is 4.12. The van der Waals surface area contributed by atoms with E-state index in [9.17, 15) is 18.0 Å². The third-order valence-corrected chi connectivity index (χ3v) is 6.37. The second kappa shape index (κ2) is 12.6. The molecule has 214 valence electrons. The van der Waals surface area contributed by atoms with Crippen LogP contribution in [0.3, 0.4) is 0 Å². The molecule has 41 heavy (non-hydrogen) atoms. The summed E-state index contributed by atoms with van der Waals surface area (Å²) in [5.74, 6) is 0.664. The summed E-state index contributed by atoms with van der Waals surface area (Å²) in [6.07, 6.45) is -3.11. The first-order valence-electron chi connectivity index (χ1n) is 13.0. The predicted octanol–water partition coefficient (Wildman–Crippen LogP) is 7.82. The van der Waals surface area contributed by atoms with E-state index in [0.29, 0.717) is 24.1 Å². The Kier molecular flexibility index (Phi) is 9.01. The number of carbonyl (C=O) groups is 1. The Morgan fingerprint density at radius 3 is 2.41 bits per heavy atom. The highest BCUT2D eigenvalue weighted by Crippen LogP contribution is 2.33. The number of aromatic nitrogens is 1. The van der Waals surface area contributed by atoms with Crippen LogP contribution < -0.4 is 25.6 Å². The zero-order chi connectivity index (χ0) is 29.6. The summed E-state index contributed by atoms with van der Waals surface area (Å²) < 4.78 is 45.0. The molecule has 0 unspecified atom stereocenters. The van der Waals surface area contributed by atoms with Crippen molar-refractivity contribution in [3.63, 3.8) is 0 Å². The van der Waals surface area contributed by atoms with E-state index in [1.807, 2.05) is 44.4 Å². The second-order valence-electron chi connectivity index (χ2n) is 9.75. The van der Waals surface area contributed by atoms with Crippen LogP contribution in [0.2, 0.25) is 0 Å². The minimum absolute atomic E-state index is 0.00211. The SMILES string of the molecule is CNc1cc(Oc2ccnc(C(=O)Nc3cccc(C(F)(F)F)c3)c2)ccc1N(C)CNc1cccc(C(C)C)c1. The molecule has 0 aliphatic heterocycles. The minimum Gasteiger partial charge on any atom is -0.457 e. The normalized spacial score (nSPS) is 11.2. The molecule has 0 saturated heterocycles. The predicted molar refractivity (Wildman–Crippen MR) is 157 cm³/mol. The van der Waals surface area contributed by atoms with Crippen LogP contribution in [0.5, 0.6) is 11.5 Å². The maximum Gasteiger partial charge on any atom is 0.416 e. The van der Waals surface area contributed by atoms with Crippen molar-refractivity contribution >= 4 is 28.7 Å². The van der Waals surface area contributed by atoms with E-state index < -0.39 is 17.6 Å². The molecule has 4 aromatic rings. The highest BCUT2D eigenvalue weighted by molar-refractivity contribution is 6.03. The lowest BCUT2D eigenvalue weighted by Crippen LogP contribution is -2.25. The van der Waals surface area contributed by atoms with E-state index in [-0.39, 0.29) is 11.4 Å². The Morgan fingerprint density at radius 1 is 0.951 bits per heavy atom. The van der Waals surface area contributed by atoms with Crippen LogP contribution in [0.1, 0.15) is 41.4 Å². The summed E-state index contributed by atoms with van der Waals surface area (Å²) in [5.41, 5.74) is 3.24. The molecule has 0 saturated carbocycles. The number of carbonyl (C=O) groups excluding carboxylic acids is 1. The molecule has 0 aliphatic rings. The number of alkyl halides is 3. The maximum atomic E-state index is 13.0. The van der Waals surface area contributed by atoms with Crippen molar-refractivity contribution in [3.8, 4) is 11.5 Å². The lowest BCUT2D eigenvalue weighted by Gasteiger charge is -2.24. The van der Waals surface area contributed by atoms with Crippen LogP contribution in [0.25, 0.3) is 0 Å². The number of halogens is 3. The van der Waals surface area contributed by atoms with Crippen molar-refractivity contribution < 1.29 is 22.7 Å². The van der Waals surface area contributed by atoms with Gasteiger partial charge in [0.05, 0.1) is 23.6 Å². The van der Waals surface area contributed by atoms with Gasteiger partial charge in [-0.1, -0.05) is 32.0 Å². The van der Waals surface area contributed by atoms with Gasteiger partial charge in [-0.15, -0.1) is 0 Å². The van der Waals surface area contributed by atoms with Crippen molar-refractivity contribution in [2.45, 2.75) is 25.9 Å². The van der Waals surface area contributed by atoms with Gasteiger partial charge in [-0.3, -0.25) is 9.78 Å². The number of rotatable bonds is 10. The average molecular weight is 564 g/mol. The largest absolute Gasteiger partial charge is 0.457 e. The second-order valence-corrected chi connectivity index (χ2v) is 9.75. The van der Waals surface area contributed by atoms with E-state index >= 15 is 0 Å². The first-order valence-corrected chi connectivity index (χ1v) is 13.0. The lowest BCUT2D eigenvalue weighted by molar-refractivity contribution is -0.137. The summed E-state index contributed by atoms with van der Waals surface area (Å²) in [7, 11) is 3.80. The summed E-state index contributed by atoms with van der Waals surface area (Å²) in [6, 6.07) is 21.4. The molecule has 4 rings (SSSR count). The number of nitrogens with zero attached hydrogens (tertiary/aromatic N) is 2. The molecule has 3 N–H and O–H groups in total. The van der Waals surface area contributed by atoms with E-state index in [0.717, 1.165) is 29.2 Å². The molecule has 10 heteroatoms. The van der Waals surface area contributed by atoms with Gasteiger partial charge in [0.2, 0.25) is 0 Å². The molecule has 0 bridgehead atoms. The van der Waals surface area contributed by atoms with Crippen LogP contribution in [0.4, 0.5) is 35.9 Å². The van der Waals surface area contributed by atoms with Crippen LogP contribution in [0.15, 0.2) is 85.1 Å². The number of benzene rings is 3. The monoisotopic (exact) mass is 563 g/mol. The Labute approximate surface area is 237 Å². The molecule has 0 fully saturated rings. The summed E-state index contributed by atoms with van der Waals surface area (Å²) in [4.78, 5) is 18.8. The topological polar surface area (TPSA) is 78.5 Å². The molecule has 7 nitrogen and oxygen atoms in total. The molecule has 0 radical (unpaired) electrons. The first kappa shape index (κ1) is 29.3. The molecule has 0 spiro atoms. The Balaban J connectivity index is 1.43. The maximum absolute atomic E-state index is 13.0. The van der Waals surface area contributed by atoms with Gasteiger partial charge in [0.15, 0.2) is 0 Å². The fourth-order valence-electron chi connectivity index (χ4n) is 4.12. The van der Waals surface area contributed by atoms with Crippen molar-refractivity contribution in [1.82, 2.24) is 4.98 Å². The zero-order valence-corrected chi connectivity index (χ0v) is 23.2. The van der Waals surface area contributed by atoms with Crippen LogP contribution in [-0.2, 0) is 6.18 Å². The van der Waals surface area contributed by atoms with Crippen LogP contribution in [0, 0.1) is 0 Å². The number of hydrogen-bond acceptors (Lipinski definition) is 6. The van der Waals surface area contributed by atoms with Crippen molar-refractivity contribution in [3.05, 3.63) is 102 Å². The number of pyridine rings is 1. The molecule has 3 aromatic carbocycles. The van der Waals surface area contributed by atoms with Crippen LogP contribution in [-0.4, -0.2) is 31.7 Å². The van der Waals surface area contributed by atoms with Gasteiger partial charge in [0.1, 0.15) is 17.2 Å². The Hall–Kier alpha value is -4.73. The fraction of sp³-hybridized carbons (Fsp3) is 0.226. The molecule has 0 atom stereocenters. The van der Waals surface area contributed by atoms with E-state index in [2.05, 4.69) is 51.8 Å². The van der Waals surface area contributed by atoms with Gasteiger partial charge in [0.25, 0.3) is 5.91 Å². The standard InChI is InChI=1S/C31H32F3N5O2/c1-20(2)21-7-5-9-23(15-21)37-19-39(4)29-12-11-25(17-27(29)35-3)41-26-13-14-36-28(18-26)30(40)38-24-10-6-8-22(16-24)31(32,33)34/h5-18,20,35,37H,19H2,1-4H3,(H,38,40). The molecular formula is C31H32F3N5O2. The number of nitrogens with one attached hydrogen (secondary N) is 3. The van der Waals surface area contributed by atoms with Gasteiger partial charge in [0, 0.05) is 43.8 Å². The van der Waals surface area contributed by atoms with Crippen molar-refractivity contribution in [2.24, 2.45) is 0 Å². The van der Waals surface area contributed by atoms with Gasteiger partial charge < -0.3 is 25.6 Å². The quantitative estimate of drug-likeness (QED) is 0.171. The van der Waals surface area contributed by atoms with E-state index in [1.54, 1.807) is 6.07 Å². The molecule has 1 heterocycles. The van der Waals surface area contributed by atoms with Gasteiger partial charge >= 0.3 is 6.18 Å². The minimum atomic E-state index is -4.51. The Morgan fingerprint density at radius 2 is 1.68 bits per heavy atom. The number of anilines is 4. The summed E-state index contributed by atoms with van der Waals surface area (Å²) >= 11 is 0. The molecule has 1 amide bonds. The highest BCUT2D eigenvalue weighted by atomic mass is 19.4. The van der Waals surface area contributed by atoms with Crippen LogP contribution >= 0.6 is 0 Å². The summed E-state index contributed by atoms with van der Waals surface area (Å²) in [5, 5.41) is 9.10. The smallest absolute Gasteiger partial charge is 0.416 e. The lowest BCUT2D eigenvalue weighted by atomic mass is 10.0. The average Bonchev–Trinajstić information content (AvgIpc) is 2.95. The first-order chi connectivity index (χ1) is 19.5. The van der Waals surface area contributed by atoms with Gasteiger partial charge in [-0.25, -0.2) is 0 Å². The molecule has 0 aliphatic carbocycles. The number of hydrogen-bond donors (Lipinski definition) is 3. The number of ether oxygens (including phenoxy) is 1. The molecular weight excluding hydrogens is 531 g/mol. The van der Waals surface area contributed by atoms with Gasteiger partial charge in [-0.2, -0.15) is 13.2 Å². The van der Waals surface area contributed by atoms with E-state index in [1.165, 1.54) is 30.0 Å².